The number of benzene rings is 3. The van der Waals surface area contributed by atoms with Crippen molar-refractivity contribution in [3.63, 3.8) is 0 Å². The van der Waals surface area contributed by atoms with E-state index >= 15 is 0 Å². The number of carbonyl (C=O) groups is 1. The Labute approximate surface area is 256 Å². The summed E-state index contributed by atoms with van der Waals surface area (Å²) < 4.78 is 53.1. The van der Waals surface area contributed by atoms with E-state index in [0.29, 0.717) is 24.4 Å². The Balaban J connectivity index is 1.26. The fourth-order valence-electron chi connectivity index (χ4n) is 5.38. The van der Waals surface area contributed by atoms with Crippen LogP contribution in [0.25, 0.3) is 10.8 Å². The number of carbonyl (C=O) groups excluding carboxylic acids is 1. The van der Waals surface area contributed by atoms with Crippen molar-refractivity contribution in [2.24, 2.45) is 0 Å². The molecule has 0 unspecified atom stereocenters. The summed E-state index contributed by atoms with van der Waals surface area (Å²) in [5.74, 6) is -1.67. The van der Waals surface area contributed by atoms with Crippen LogP contribution in [0.2, 0.25) is 0 Å². The van der Waals surface area contributed by atoms with E-state index in [1.54, 1.807) is 36.4 Å². The van der Waals surface area contributed by atoms with Gasteiger partial charge in [-0.15, -0.1) is 0 Å². The maximum absolute atomic E-state index is 14.6. The first kappa shape index (κ1) is 30.9. The van der Waals surface area contributed by atoms with Crippen LogP contribution in [0.1, 0.15) is 38.0 Å². The third kappa shape index (κ3) is 6.63. The first-order chi connectivity index (χ1) is 21.6. The van der Waals surface area contributed by atoms with Crippen molar-refractivity contribution < 1.29 is 37.4 Å². The molecule has 3 aromatic carbocycles. The normalized spacial score (nSPS) is 22.4. The first-order valence-electron chi connectivity index (χ1n) is 14.4. The van der Waals surface area contributed by atoms with E-state index in [9.17, 15) is 28.4 Å². The number of H-pyrrole nitrogens is 1. The quantitative estimate of drug-likeness (QED) is 0.162. The number of esters is 1. The van der Waals surface area contributed by atoms with Crippen LogP contribution in [0.5, 0.6) is 5.75 Å². The van der Waals surface area contributed by atoms with Crippen LogP contribution < -0.4 is 20.9 Å². The summed E-state index contributed by atoms with van der Waals surface area (Å²) in [6.45, 7) is 1.46. The zero-order chi connectivity index (χ0) is 31.8. The van der Waals surface area contributed by atoms with Crippen LogP contribution in [0.3, 0.4) is 0 Å². The van der Waals surface area contributed by atoms with Gasteiger partial charge >= 0.3 is 19.4 Å². The number of hydrogen-bond donors (Lipinski definition) is 3. The van der Waals surface area contributed by atoms with Gasteiger partial charge in [-0.25, -0.2) is 9.36 Å². The van der Waals surface area contributed by atoms with Gasteiger partial charge in [-0.2, -0.15) is 9.48 Å². The van der Waals surface area contributed by atoms with E-state index in [1.165, 1.54) is 6.92 Å². The highest BCUT2D eigenvalue weighted by Crippen LogP contribution is 2.60. The van der Waals surface area contributed by atoms with Crippen molar-refractivity contribution in [1.29, 1.82) is 0 Å². The van der Waals surface area contributed by atoms with E-state index in [1.807, 2.05) is 41.4 Å². The highest BCUT2D eigenvalue weighted by Gasteiger charge is 2.61. The number of aliphatic hydroxyl groups excluding tert-OH is 1. The number of nitrogens with one attached hydrogen (secondary N) is 2. The lowest BCUT2D eigenvalue weighted by atomic mass is 10.1. The summed E-state index contributed by atoms with van der Waals surface area (Å²) in [4.78, 5) is 38.7. The Morgan fingerprint density at radius 3 is 2.60 bits per heavy atom. The third-order valence-corrected chi connectivity index (χ3v) is 9.54. The molecule has 12 nitrogen and oxygen atoms in total. The van der Waals surface area contributed by atoms with Crippen molar-refractivity contribution in [2.75, 3.05) is 0 Å². The van der Waals surface area contributed by atoms with E-state index in [-0.39, 0.29) is 18.8 Å². The topological polar surface area (TPSA) is 158 Å². The van der Waals surface area contributed by atoms with Crippen LogP contribution in [-0.2, 0) is 30.0 Å². The molecule has 1 aliphatic heterocycles. The molecular formula is C31H31FN3O9P. The molecule has 2 heterocycles. The lowest BCUT2D eigenvalue weighted by molar-refractivity contribution is -0.146. The standard InChI is InChI=1S/C31H31FN3O9P/c1-19(29(38)41-18-20-8-3-2-4-9-20)34-45(40,43-25-13-7-11-21-10-5-6-12-22(21)25)44-31(14-15-31)27-24(36)16-26(42-27)35-17-23(32)28(37)33-30(35)39/h2-13,17,19,24,26-27,36H,14-16,18H2,1H3,(H,34,40)(H,33,37,39)/t19-,24-,26+,27-,45+/m0/s1. The Hall–Kier alpha value is -4.13. The second-order valence-corrected chi connectivity index (χ2v) is 12.7. The zero-order valence-corrected chi connectivity index (χ0v) is 25.0. The SMILES string of the molecule is C[C@H](N[P@@](=O)(Oc1cccc2ccccc12)OC1([C@H]2O[C@@H](n3cc(F)c(=O)[nH]c3=O)C[C@@H]2O)CC1)C(=O)OCc1ccccc1. The van der Waals surface area contributed by atoms with Gasteiger partial charge in [0.25, 0.3) is 5.56 Å². The fraction of sp³-hybridized carbons (Fsp3) is 0.323. The van der Waals surface area contributed by atoms with Crippen LogP contribution >= 0.6 is 7.75 Å². The molecule has 6 rings (SSSR count). The van der Waals surface area contributed by atoms with Crippen LogP contribution in [0, 0.1) is 5.82 Å². The minimum atomic E-state index is -4.42. The van der Waals surface area contributed by atoms with Gasteiger partial charge < -0.3 is 19.1 Å². The molecule has 0 spiro atoms. The number of nitrogens with zero attached hydrogens (tertiary/aromatic N) is 1. The van der Waals surface area contributed by atoms with E-state index in [0.717, 1.165) is 15.5 Å². The minimum Gasteiger partial charge on any atom is -0.460 e. The molecule has 236 valence electrons. The second-order valence-electron chi connectivity index (χ2n) is 11.1. The number of rotatable bonds is 11. The molecule has 14 heteroatoms. The van der Waals surface area contributed by atoms with Crippen molar-refractivity contribution in [2.45, 2.75) is 62.9 Å². The van der Waals surface area contributed by atoms with Gasteiger partial charge in [-0.1, -0.05) is 66.7 Å². The third-order valence-electron chi connectivity index (χ3n) is 7.79. The first-order valence-corrected chi connectivity index (χ1v) is 15.9. The molecule has 1 saturated heterocycles. The number of halogens is 1. The van der Waals surface area contributed by atoms with Gasteiger partial charge in [0.1, 0.15) is 36.3 Å². The zero-order valence-electron chi connectivity index (χ0n) is 24.1. The molecule has 1 aliphatic carbocycles. The summed E-state index contributed by atoms with van der Waals surface area (Å²) in [7, 11) is -4.42. The molecular weight excluding hydrogens is 608 g/mol. The summed E-state index contributed by atoms with van der Waals surface area (Å²) in [6, 6.07) is 20.4. The smallest absolute Gasteiger partial charge is 0.460 e. The highest BCUT2D eigenvalue weighted by molar-refractivity contribution is 7.52. The summed E-state index contributed by atoms with van der Waals surface area (Å²) >= 11 is 0. The molecule has 2 aliphatic rings. The number of aliphatic hydroxyl groups is 1. The summed E-state index contributed by atoms with van der Waals surface area (Å²) in [5.41, 5.74) is -2.66. The number of hydrogen-bond acceptors (Lipinski definition) is 9. The Bertz CT molecular complexity index is 1870. The number of fused-ring (bicyclic) bond motifs is 1. The predicted molar refractivity (Wildman–Crippen MR) is 160 cm³/mol. The van der Waals surface area contributed by atoms with Crippen molar-refractivity contribution in [3.8, 4) is 5.75 Å². The van der Waals surface area contributed by atoms with Crippen LogP contribution in [0.4, 0.5) is 4.39 Å². The molecule has 3 N–H and O–H groups in total. The van der Waals surface area contributed by atoms with Crippen molar-refractivity contribution in [1.82, 2.24) is 14.6 Å². The van der Waals surface area contributed by atoms with E-state index in [2.05, 4.69) is 5.09 Å². The van der Waals surface area contributed by atoms with Gasteiger partial charge in [0.2, 0.25) is 5.82 Å². The average molecular weight is 640 g/mol. The highest BCUT2D eigenvalue weighted by atomic mass is 31.2. The van der Waals surface area contributed by atoms with Crippen LogP contribution in [-0.4, -0.2) is 44.5 Å². The molecule has 0 radical (unpaired) electrons. The monoisotopic (exact) mass is 639 g/mol. The van der Waals surface area contributed by atoms with Crippen molar-refractivity contribution in [3.05, 3.63) is 111 Å². The maximum atomic E-state index is 14.6. The van der Waals surface area contributed by atoms with E-state index in [4.69, 9.17) is 18.5 Å². The lowest BCUT2D eigenvalue weighted by Gasteiger charge is -2.31. The molecule has 1 saturated carbocycles. The average Bonchev–Trinajstić information content (AvgIpc) is 3.68. The molecule has 0 bridgehead atoms. The minimum absolute atomic E-state index is 0.000814. The molecule has 0 amide bonds. The Morgan fingerprint density at radius 1 is 1.13 bits per heavy atom. The predicted octanol–water partition coefficient (Wildman–Crippen LogP) is 3.94. The molecule has 45 heavy (non-hydrogen) atoms. The summed E-state index contributed by atoms with van der Waals surface area (Å²) in [6.07, 6.45) is -2.27. The number of ether oxygens (including phenoxy) is 2. The number of aromatic nitrogens is 2. The van der Waals surface area contributed by atoms with Gasteiger partial charge in [0, 0.05) is 11.8 Å². The van der Waals surface area contributed by atoms with Crippen LogP contribution in [0.15, 0.2) is 88.6 Å². The molecule has 1 aromatic heterocycles. The Morgan fingerprint density at radius 2 is 1.84 bits per heavy atom. The fourth-order valence-corrected chi connectivity index (χ4v) is 7.29. The van der Waals surface area contributed by atoms with E-state index < -0.39 is 60.9 Å². The van der Waals surface area contributed by atoms with Gasteiger partial charge in [-0.05, 0) is 36.8 Å². The van der Waals surface area contributed by atoms with Crippen molar-refractivity contribution >= 4 is 24.5 Å². The molecule has 5 atom stereocenters. The number of aromatic amines is 1. The lowest BCUT2D eigenvalue weighted by Crippen LogP contribution is -2.42. The molecule has 2 fully saturated rings. The summed E-state index contributed by atoms with van der Waals surface area (Å²) in [5, 5.41) is 15.1. The van der Waals surface area contributed by atoms with Gasteiger partial charge in [0.05, 0.1) is 12.3 Å². The largest absolute Gasteiger partial charge is 0.460 e. The van der Waals surface area contributed by atoms with Gasteiger partial charge in [-0.3, -0.25) is 23.7 Å². The Kier molecular flexibility index (Phi) is 8.47. The second kappa shape index (κ2) is 12.3. The molecule has 4 aromatic rings. The van der Waals surface area contributed by atoms with Gasteiger partial charge in [0.15, 0.2) is 0 Å². The maximum Gasteiger partial charge on any atom is 0.460 e.